The number of aryl methyl sites for hydroxylation is 1. The molecule has 0 fully saturated rings. The Hall–Kier alpha value is -2.67. The van der Waals surface area contributed by atoms with Gasteiger partial charge in [0.1, 0.15) is 11.6 Å². The molecule has 0 radical (unpaired) electrons. The summed E-state index contributed by atoms with van der Waals surface area (Å²) >= 11 is 0. The Labute approximate surface area is 124 Å². The summed E-state index contributed by atoms with van der Waals surface area (Å²) in [6.45, 7) is 3.57. The lowest BCUT2D eigenvalue weighted by Gasteiger charge is -2.19. The first-order valence-electron chi connectivity index (χ1n) is 6.77. The topological polar surface area (TPSA) is 65.8 Å². The van der Waals surface area contributed by atoms with Crippen molar-refractivity contribution in [3.63, 3.8) is 0 Å². The van der Waals surface area contributed by atoms with Crippen molar-refractivity contribution in [1.82, 2.24) is 4.98 Å². The Morgan fingerprint density at radius 1 is 1.33 bits per heavy atom. The van der Waals surface area contributed by atoms with E-state index in [1.807, 2.05) is 31.2 Å². The van der Waals surface area contributed by atoms with E-state index in [0.717, 1.165) is 16.9 Å². The van der Waals surface area contributed by atoms with Crippen LogP contribution in [0, 0.1) is 18.3 Å². The van der Waals surface area contributed by atoms with Gasteiger partial charge in [-0.25, -0.2) is 4.98 Å². The van der Waals surface area contributed by atoms with Crippen molar-refractivity contribution in [1.29, 1.82) is 5.26 Å². The SMILES string of the molecule is CC(=O)C[C@H](Nc1cc(C)ccn1)c1ccc(C#N)cc1. The summed E-state index contributed by atoms with van der Waals surface area (Å²) in [5.41, 5.74) is 2.68. The summed E-state index contributed by atoms with van der Waals surface area (Å²) in [6.07, 6.45) is 2.11. The van der Waals surface area contributed by atoms with E-state index in [1.54, 1.807) is 25.3 Å². The van der Waals surface area contributed by atoms with Gasteiger partial charge in [0.25, 0.3) is 0 Å². The predicted octanol–water partition coefficient (Wildman–Crippen LogP) is 3.39. The molecular formula is C17H17N3O. The van der Waals surface area contributed by atoms with Gasteiger partial charge in [0.05, 0.1) is 17.7 Å². The molecule has 4 heteroatoms. The van der Waals surface area contributed by atoms with Crippen LogP contribution >= 0.6 is 0 Å². The zero-order valence-electron chi connectivity index (χ0n) is 12.1. The van der Waals surface area contributed by atoms with Gasteiger partial charge < -0.3 is 5.32 Å². The number of Topliss-reactive ketones (excluding diaryl/α,β-unsaturated/α-hetero) is 1. The smallest absolute Gasteiger partial charge is 0.132 e. The lowest BCUT2D eigenvalue weighted by Crippen LogP contribution is -2.15. The molecule has 0 spiro atoms. The molecular weight excluding hydrogens is 262 g/mol. The minimum Gasteiger partial charge on any atom is -0.363 e. The van der Waals surface area contributed by atoms with Gasteiger partial charge in [0.15, 0.2) is 0 Å². The van der Waals surface area contributed by atoms with Gasteiger partial charge in [-0.1, -0.05) is 12.1 Å². The van der Waals surface area contributed by atoms with Crippen LogP contribution in [0.25, 0.3) is 0 Å². The largest absolute Gasteiger partial charge is 0.363 e. The maximum atomic E-state index is 11.5. The molecule has 0 saturated heterocycles. The van der Waals surface area contributed by atoms with E-state index >= 15 is 0 Å². The summed E-state index contributed by atoms with van der Waals surface area (Å²) in [7, 11) is 0. The normalized spacial score (nSPS) is 11.5. The van der Waals surface area contributed by atoms with Crippen molar-refractivity contribution in [2.24, 2.45) is 0 Å². The van der Waals surface area contributed by atoms with Gasteiger partial charge >= 0.3 is 0 Å². The van der Waals surface area contributed by atoms with Gasteiger partial charge in [-0.3, -0.25) is 4.79 Å². The highest BCUT2D eigenvalue weighted by Gasteiger charge is 2.14. The molecule has 0 amide bonds. The van der Waals surface area contributed by atoms with E-state index in [-0.39, 0.29) is 11.8 Å². The number of nitriles is 1. The molecule has 1 aromatic heterocycles. The number of anilines is 1. The molecule has 4 nitrogen and oxygen atoms in total. The highest BCUT2D eigenvalue weighted by molar-refractivity contribution is 5.76. The van der Waals surface area contributed by atoms with Crippen LogP contribution in [0.3, 0.4) is 0 Å². The number of benzene rings is 1. The first kappa shape index (κ1) is 14.7. The molecule has 1 heterocycles. The third-order valence-electron chi connectivity index (χ3n) is 3.17. The molecule has 0 aliphatic heterocycles. The highest BCUT2D eigenvalue weighted by Crippen LogP contribution is 2.22. The fraction of sp³-hybridized carbons (Fsp3) is 0.235. The molecule has 21 heavy (non-hydrogen) atoms. The van der Waals surface area contributed by atoms with Crippen molar-refractivity contribution >= 4 is 11.6 Å². The number of carbonyl (C=O) groups excluding carboxylic acids is 1. The average molecular weight is 279 g/mol. The number of rotatable bonds is 5. The summed E-state index contributed by atoms with van der Waals surface area (Å²) in [4.78, 5) is 15.8. The summed E-state index contributed by atoms with van der Waals surface area (Å²) in [5, 5.41) is 12.1. The van der Waals surface area contributed by atoms with Crippen LogP contribution in [-0.2, 0) is 4.79 Å². The molecule has 106 valence electrons. The molecule has 1 atom stereocenters. The van der Waals surface area contributed by atoms with Crippen molar-refractivity contribution in [3.8, 4) is 6.07 Å². The van der Waals surface area contributed by atoms with Crippen molar-refractivity contribution in [2.45, 2.75) is 26.3 Å². The molecule has 0 bridgehead atoms. The average Bonchev–Trinajstić information content (AvgIpc) is 2.46. The molecule has 0 aliphatic rings. The van der Waals surface area contributed by atoms with Gasteiger partial charge in [-0.15, -0.1) is 0 Å². The number of nitrogens with zero attached hydrogens (tertiary/aromatic N) is 2. The third-order valence-corrected chi connectivity index (χ3v) is 3.17. The standard InChI is InChI=1S/C17H17N3O/c1-12-7-8-19-17(9-12)20-16(10-13(2)21)15-5-3-14(11-18)4-6-15/h3-9,16H,10H2,1-2H3,(H,19,20)/t16-/m0/s1. The zero-order valence-corrected chi connectivity index (χ0v) is 12.1. The quantitative estimate of drug-likeness (QED) is 0.911. The first-order chi connectivity index (χ1) is 10.1. The van der Waals surface area contributed by atoms with E-state index in [0.29, 0.717) is 12.0 Å². The van der Waals surface area contributed by atoms with Crippen LogP contribution in [0.15, 0.2) is 42.6 Å². The van der Waals surface area contributed by atoms with Gasteiger partial charge in [-0.05, 0) is 49.2 Å². The molecule has 0 unspecified atom stereocenters. The second-order valence-electron chi connectivity index (χ2n) is 5.06. The lowest BCUT2D eigenvalue weighted by molar-refractivity contribution is -0.117. The zero-order chi connectivity index (χ0) is 15.2. The molecule has 2 aromatic rings. The fourth-order valence-electron chi connectivity index (χ4n) is 2.12. The van der Waals surface area contributed by atoms with E-state index in [2.05, 4.69) is 16.4 Å². The molecule has 0 saturated carbocycles. The molecule has 1 N–H and O–H groups in total. The summed E-state index contributed by atoms with van der Waals surface area (Å²) in [6, 6.07) is 13.1. The van der Waals surface area contributed by atoms with Crippen molar-refractivity contribution in [2.75, 3.05) is 5.32 Å². The van der Waals surface area contributed by atoms with E-state index in [4.69, 9.17) is 5.26 Å². The van der Waals surface area contributed by atoms with Crippen LogP contribution in [0.2, 0.25) is 0 Å². The second kappa shape index (κ2) is 6.67. The molecule has 0 aliphatic carbocycles. The Bertz CT molecular complexity index is 671. The van der Waals surface area contributed by atoms with E-state index in [9.17, 15) is 4.79 Å². The first-order valence-corrected chi connectivity index (χ1v) is 6.77. The minimum atomic E-state index is -0.149. The number of hydrogen-bond acceptors (Lipinski definition) is 4. The Kier molecular flexibility index (Phi) is 4.68. The second-order valence-corrected chi connectivity index (χ2v) is 5.06. The van der Waals surface area contributed by atoms with Crippen molar-refractivity contribution in [3.05, 3.63) is 59.3 Å². The number of aromatic nitrogens is 1. The van der Waals surface area contributed by atoms with Gasteiger partial charge in [0, 0.05) is 12.6 Å². The van der Waals surface area contributed by atoms with Crippen LogP contribution in [-0.4, -0.2) is 10.8 Å². The number of carbonyl (C=O) groups is 1. The number of nitrogens with one attached hydrogen (secondary N) is 1. The Morgan fingerprint density at radius 2 is 2.05 bits per heavy atom. The molecule has 2 rings (SSSR count). The van der Waals surface area contributed by atoms with Crippen LogP contribution in [0.1, 0.15) is 36.1 Å². The van der Waals surface area contributed by atoms with E-state index in [1.165, 1.54) is 0 Å². The fourth-order valence-corrected chi connectivity index (χ4v) is 2.12. The number of pyridine rings is 1. The lowest BCUT2D eigenvalue weighted by atomic mass is 10.0. The number of ketones is 1. The minimum absolute atomic E-state index is 0.101. The summed E-state index contributed by atoms with van der Waals surface area (Å²) in [5.74, 6) is 0.843. The Balaban J connectivity index is 2.25. The third kappa shape index (κ3) is 4.15. The maximum absolute atomic E-state index is 11.5. The maximum Gasteiger partial charge on any atom is 0.132 e. The van der Waals surface area contributed by atoms with Crippen molar-refractivity contribution < 1.29 is 4.79 Å². The van der Waals surface area contributed by atoms with Crippen LogP contribution in [0.4, 0.5) is 5.82 Å². The van der Waals surface area contributed by atoms with E-state index < -0.39 is 0 Å². The van der Waals surface area contributed by atoms with Gasteiger partial charge in [-0.2, -0.15) is 5.26 Å². The highest BCUT2D eigenvalue weighted by atomic mass is 16.1. The monoisotopic (exact) mass is 279 g/mol. The predicted molar refractivity (Wildman–Crippen MR) is 81.8 cm³/mol. The van der Waals surface area contributed by atoms with Crippen LogP contribution in [0.5, 0.6) is 0 Å². The number of hydrogen-bond donors (Lipinski definition) is 1. The Morgan fingerprint density at radius 3 is 2.62 bits per heavy atom. The van der Waals surface area contributed by atoms with Gasteiger partial charge in [0.2, 0.25) is 0 Å². The molecule has 1 aromatic carbocycles. The van der Waals surface area contributed by atoms with Crippen LogP contribution < -0.4 is 5.32 Å². The summed E-state index contributed by atoms with van der Waals surface area (Å²) < 4.78 is 0.